The number of carbonyl (C=O) groups is 2. The van der Waals surface area contributed by atoms with Crippen molar-refractivity contribution in [3.8, 4) is 11.5 Å². The van der Waals surface area contributed by atoms with Crippen molar-refractivity contribution in [1.82, 2.24) is 4.98 Å². The molecule has 0 bridgehead atoms. The van der Waals surface area contributed by atoms with Gasteiger partial charge in [0, 0.05) is 11.8 Å². The Labute approximate surface area is 162 Å². The normalized spacial score (nSPS) is 11.1. The maximum atomic E-state index is 12.3. The molecule has 0 saturated carbocycles. The number of aryl methyl sites for hydroxylation is 1. The fourth-order valence-electron chi connectivity index (χ4n) is 2.21. The van der Waals surface area contributed by atoms with Gasteiger partial charge in [0.05, 0.1) is 19.2 Å². The number of primary amides is 1. The van der Waals surface area contributed by atoms with Gasteiger partial charge < -0.3 is 20.5 Å². The lowest BCUT2D eigenvalue weighted by molar-refractivity contribution is -0.153. The molecule has 3 N–H and O–H groups in total. The molecule has 2 rings (SSSR count). The summed E-state index contributed by atoms with van der Waals surface area (Å²) in [6.45, 7) is -1.42. The lowest BCUT2D eigenvalue weighted by atomic mass is 10.1. The number of methoxy groups -OCH3 is 1. The number of anilines is 1. The van der Waals surface area contributed by atoms with Gasteiger partial charge in [-0.1, -0.05) is 6.07 Å². The van der Waals surface area contributed by atoms with Crippen molar-refractivity contribution in [2.24, 2.45) is 5.73 Å². The Balaban J connectivity index is 1.90. The molecular weight excluding hydrogens is 399 g/mol. The molecule has 0 radical (unpaired) electrons. The number of ether oxygens (including phenoxy) is 2. The number of hydrogen-bond acceptors (Lipinski definition) is 6. The quantitative estimate of drug-likeness (QED) is 0.653. The van der Waals surface area contributed by atoms with E-state index in [0.29, 0.717) is 22.8 Å². The summed E-state index contributed by atoms with van der Waals surface area (Å²) in [7, 11) is 1.32. The molecule has 7 nitrogen and oxygen atoms in total. The van der Waals surface area contributed by atoms with Crippen molar-refractivity contribution in [1.29, 1.82) is 0 Å². The molecule has 0 fully saturated rings. The number of benzene rings is 1. The standard InChI is InChI=1S/C17H18F3N3O4S/c1-26-13-6-10(2-4-12(13)27-9-17(18,19)20)3-5-15(25)23-16-22-11(8-28-16)7-14(21)24/h2,4,6,8H,3,5,7,9H2,1H3,(H2,21,24)(H,22,23,25). The Bertz CT molecular complexity index is 839. The highest BCUT2D eigenvalue weighted by molar-refractivity contribution is 7.13. The number of rotatable bonds is 9. The first-order chi connectivity index (χ1) is 13.2. The number of thiazole rings is 1. The summed E-state index contributed by atoms with van der Waals surface area (Å²) >= 11 is 1.18. The average Bonchev–Trinajstić information content (AvgIpc) is 3.03. The average molecular weight is 417 g/mol. The van der Waals surface area contributed by atoms with E-state index in [1.807, 2.05) is 0 Å². The SMILES string of the molecule is COc1cc(CCC(=O)Nc2nc(CC(N)=O)cs2)ccc1OCC(F)(F)F. The topological polar surface area (TPSA) is 104 Å². The Kier molecular flexibility index (Phi) is 7.21. The molecule has 0 spiro atoms. The van der Waals surface area contributed by atoms with E-state index in [1.54, 1.807) is 11.4 Å². The van der Waals surface area contributed by atoms with Crippen LogP contribution in [0.4, 0.5) is 18.3 Å². The predicted octanol–water partition coefficient (Wildman–Crippen LogP) is 2.69. The van der Waals surface area contributed by atoms with Crippen LogP contribution in [0.2, 0.25) is 0 Å². The second-order valence-corrected chi connectivity index (χ2v) is 6.58. The monoisotopic (exact) mass is 417 g/mol. The minimum absolute atomic E-state index is 0.00504. The maximum absolute atomic E-state index is 12.3. The largest absolute Gasteiger partial charge is 0.493 e. The second-order valence-electron chi connectivity index (χ2n) is 5.72. The molecule has 0 aliphatic heterocycles. The van der Waals surface area contributed by atoms with Gasteiger partial charge in [-0.15, -0.1) is 11.3 Å². The van der Waals surface area contributed by atoms with Crippen LogP contribution in [-0.4, -0.2) is 36.7 Å². The molecule has 11 heteroatoms. The lowest BCUT2D eigenvalue weighted by Gasteiger charge is -2.13. The summed E-state index contributed by atoms with van der Waals surface area (Å²) in [6, 6.07) is 4.46. The molecule has 2 amide bonds. The van der Waals surface area contributed by atoms with Gasteiger partial charge in [-0.05, 0) is 24.1 Å². The molecule has 0 aliphatic rings. The summed E-state index contributed by atoms with van der Waals surface area (Å²) < 4.78 is 46.6. The molecular formula is C17H18F3N3O4S. The number of nitrogens with one attached hydrogen (secondary N) is 1. The zero-order valence-corrected chi connectivity index (χ0v) is 15.7. The molecule has 0 saturated heterocycles. The van der Waals surface area contributed by atoms with Crippen LogP contribution in [0.5, 0.6) is 11.5 Å². The van der Waals surface area contributed by atoms with E-state index in [9.17, 15) is 22.8 Å². The molecule has 2 aromatic rings. The van der Waals surface area contributed by atoms with E-state index in [0.717, 1.165) is 0 Å². The van der Waals surface area contributed by atoms with Gasteiger partial charge in [0.25, 0.3) is 0 Å². The third-order valence-corrected chi connectivity index (χ3v) is 4.22. The predicted molar refractivity (Wildman–Crippen MR) is 96.5 cm³/mol. The van der Waals surface area contributed by atoms with Gasteiger partial charge in [-0.2, -0.15) is 13.2 Å². The summed E-state index contributed by atoms with van der Waals surface area (Å²) in [5, 5.41) is 4.60. The van der Waals surface area contributed by atoms with E-state index < -0.39 is 18.7 Å². The number of aromatic nitrogens is 1. The molecule has 0 aliphatic carbocycles. The number of carbonyl (C=O) groups excluding carboxylic acids is 2. The highest BCUT2D eigenvalue weighted by atomic mass is 32.1. The van der Waals surface area contributed by atoms with Crippen LogP contribution in [0.25, 0.3) is 0 Å². The van der Waals surface area contributed by atoms with Crippen LogP contribution < -0.4 is 20.5 Å². The third-order valence-electron chi connectivity index (χ3n) is 3.41. The Morgan fingerprint density at radius 3 is 2.68 bits per heavy atom. The molecule has 1 aromatic carbocycles. The van der Waals surface area contributed by atoms with Gasteiger partial charge in [0.2, 0.25) is 11.8 Å². The first-order valence-corrected chi connectivity index (χ1v) is 8.93. The number of nitrogens with two attached hydrogens (primary N) is 1. The van der Waals surface area contributed by atoms with Gasteiger partial charge >= 0.3 is 6.18 Å². The molecule has 28 heavy (non-hydrogen) atoms. The van der Waals surface area contributed by atoms with E-state index in [2.05, 4.69) is 10.3 Å². The minimum atomic E-state index is -4.45. The Morgan fingerprint density at radius 2 is 2.04 bits per heavy atom. The molecule has 152 valence electrons. The first kappa shape index (κ1) is 21.5. The van der Waals surface area contributed by atoms with Crippen LogP contribution in [0.3, 0.4) is 0 Å². The number of amides is 2. The van der Waals surface area contributed by atoms with E-state index in [4.69, 9.17) is 15.2 Å². The first-order valence-electron chi connectivity index (χ1n) is 8.05. The minimum Gasteiger partial charge on any atom is -0.493 e. The zero-order valence-electron chi connectivity index (χ0n) is 14.8. The molecule has 1 aromatic heterocycles. The summed E-state index contributed by atoms with van der Waals surface area (Å²) in [4.78, 5) is 27.0. The van der Waals surface area contributed by atoms with Crippen molar-refractivity contribution in [3.05, 3.63) is 34.8 Å². The van der Waals surface area contributed by atoms with Crippen LogP contribution in [0.15, 0.2) is 23.6 Å². The van der Waals surface area contributed by atoms with Crippen molar-refractivity contribution in [2.75, 3.05) is 19.0 Å². The van der Waals surface area contributed by atoms with Gasteiger partial charge in [-0.25, -0.2) is 4.98 Å². The summed E-state index contributed by atoms with van der Waals surface area (Å²) in [5.41, 5.74) is 6.26. The number of halogens is 3. The van der Waals surface area contributed by atoms with Crippen LogP contribution in [0.1, 0.15) is 17.7 Å². The lowest BCUT2D eigenvalue weighted by Crippen LogP contribution is -2.19. The second kappa shape index (κ2) is 9.40. The van der Waals surface area contributed by atoms with Crippen molar-refractivity contribution >= 4 is 28.3 Å². The van der Waals surface area contributed by atoms with Crippen LogP contribution >= 0.6 is 11.3 Å². The number of hydrogen-bond donors (Lipinski definition) is 2. The highest BCUT2D eigenvalue weighted by Crippen LogP contribution is 2.30. The molecule has 0 atom stereocenters. The van der Waals surface area contributed by atoms with E-state index in [1.165, 1.54) is 30.6 Å². The van der Waals surface area contributed by atoms with Gasteiger partial charge in [0.15, 0.2) is 23.2 Å². The maximum Gasteiger partial charge on any atom is 0.422 e. The van der Waals surface area contributed by atoms with Crippen molar-refractivity contribution < 1.29 is 32.2 Å². The fraction of sp³-hybridized carbons (Fsp3) is 0.353. The number of alkyl halides is 3. The van der Waals surface area contributed by atoms with Gasteiger partial charge in [0.1, 0.15) is 0 Å². The third kappa shape index (κ3) is 7.06. The van der Waals surface area contributed by atoms with Crippen molar-refractivity contribution in [3.63, 3.8) is 0 Å². The van der Waals surface area contributed by atoms with Crippen LogP contribution in [0, 0.1) is 0 Å². The van der Waals surface area contributed by atoms with E-state index >= 15 is 0 Å². The van der Waals surface area contributed by atoms with Gasteiger partial charge in [-0.3, -0.25) is 9.59 Å². The van der Waals surface area contributed by atoms with Crippen LogP contribution in [-0.2, 0) is 22.4 Å². The Hall–Kier alpha value is -2.82. The van der Waals surface area contributed by atoms with Crippen molar-refractivity contribution in [2.45, 2.75) is 25.4 Å². The molecule has 0 unspecified atom stereocenters. The summed E-state index contributed by atoms with van der Waals surface area (Å²) in [6.07, 6.45) is -4.00. The fourth-order valence-corrected chi connectivity index (χ4v) is 2.94. The Morgan fingerprint density at radius 1 is 1.29 bits per heavy atom. The van der Waals surface area contributed by atoms with E-state index in [-0.39, 0.29) is 30.2 Å². The molecule has 1 heterocycles. The smallest absolute Gasteiger partial charge is 0.422 e. The summed E-state index contributed by atoms with van der Waals surface area (Å²) in [5.74, 6) is -0.688. The highest BCUT2D eigenvalue weighted by Gasteiger charge is 2.29. The zero-order chi connectivity index (χ0) is 20.7. The number of nitrogens with zero attached hydrogens (tertiary/aromatic N) is 1.